The third kappa shape index (κ3) is 2.46. The maximum atomic E-state index is 5.87. The number of nitrogens with zero attached hydrogens (tertiary/aromatic N) is 1. The number of aromatic nitrogens is 1. The van der Waals surface area contributed by atoms with Crippen LogP contribution in [0.25, 0.3) is 0 Å². The van der Waals surface area contributed by atoms with Gasteiger partial charge in [0.1, 0.15) is 10.8 Å². The molecule has 3 N–H and O–H groups in total. The van der Waals surface area contributed by atoms with Gasteiger partial charge in [-0.3, -0.25) is 0 Å². The first kappa shape index (κ1) is 12.9. The van der Waals surface area contributed by atoms with Crippen molar-refractivity contribution in [3.63, 3.8) is 0 Å². The molecule has 19 heavy (non-hydrogen) atoms. The number of anilines is 1. The van der Waals surface area contributed by atoms with Crippen molar-refractivity contribution in [3.8, 4) is 0 Å². The second kappa shape index (κ2) is 4.44. The molecule has 0 bridgehead atoms. The maximum Gasteiger partial charge on any atom is 0.136 e. The van der Waals surface area contributed by atoms with E-state index >= 15 is 0 Å². The van der Waals surface area contributed by atoms with Gasteiger partial charge in [-0.1, -0.05) is 12.2 Å². The molecule has 0 aromatic carbocycles. The number of nitrogens with two attached hydrogens (primary N) is 1. The van der Waals surface area contributed by atoms with E-state index in [1.165, 1.54) is 30.5 Å². The van der Waals surface area contributed by atoms with Crippen LogP contribution in [0.5, 0.6) is 0 Å². The highest BCUT2D eigenvalue weighted by Crippen LogP contribution is 2.41. The molecule has 0 atom stereocenters. The molecular formula is C15H21N3S. The zero-order chi connectivity index (χ0) is 13.6. The molecule has 3 nitrogen and oxygen atoms in total. The lowest BCUT2D eigenvalue weighted by atomic mass is 9.98. The second-order valence-corrected chi connectivity index (χ2v) is 6.77. The van der Waals surface area contributed by atoms with Crippen LogP contribution in [0.2, 0.25) is 0 Å². The monoisotopic (exact) mass is 275 g/mol. The molecule has 1 fully saturated rings. The number of hydrogen-bond acceptors (Lipinski definition) is 3. The van der Waals surface area contributed by atoms with Crippen LogP contribution < -0.4 is 11.1 Å². The van der Waals surface area contributed by atoms with Gasteiger partial charge in [-0.2, -0.15) is 0 Å². The molecule has 1 aromatic rings. The van der Waals surface area contributed by atoms with E-state index in [4.69, 9.17) is 22.9 Å². The third-order valence-corrected chi connectivity index (χ3v) is 4.57. The quantitative estimate of drug-likeness (QED) is 0.830. The fourth-order valence-electron chi connectivity index (χ4n) is 2.97. The van der Waals surface area contributed by atoms with Gasteiger partial charge in [0.05, 0.1) is 5.56 Å². The zero-order valence-electron chi connectivity index (χ0n) is 11.6. The summed E-state index contributed by atoms with van der Waals surface area (Å²) < 4.78 is 0. The van der Waals surface area contributed by atoms with Gasteiger partial charge in [-0.15, -0.1) is 0 Å². The molecule has 0 spiro atoms. The van der Waals surface area contributed by atoms with E-state index in [1.807, 2.05) is 0 Å². The largest absolute Gasteiger partial charge is 0.389 e. The van der Waals surface area contributed by atoms with Gasteiger partial charge in [0.15, 0.2) is 0 Å². The van der Waals surface area contributed by atoms with E-state index in [2.05, 4.69) is 25.2 Å². The van der Waals surface area contributed by atoms with Crippen LogP contribution in [0, 0.1) is 5.92 Å². The lowest BCUT2D eigenvalue weighted by molar-refractivity contribution is 0.492. The summed E-state index contributed by atoms with van der Waals surface area (Å²) in [5, 5.41) is 3.58. The first-order chi connectivity index (χ1) is 8.97. The average molecular weight is 275 g/mol. The number of pyridine rings is 1. The Labute approximate surface area is 120 Å². The standard InChI is InChI=1S/C15H21N3S/c1-15(2,10-6-7-10)18-14-11(13(16)19)8-9-4-3-5-12(9)17-14/h8,10H,3-7H2,1-2H3,(H2,16,19)(H,17,18). The first-order valence-electron chi connectivity index (χ1n) is 7.08. The number of rotatable bonds is 4. The Morgan fingerprint density at radius 2 is 2.16 bits per heavy atom. The minimum absolute atomic E-state index is 0.0688. The Morgan fingerprint density at radius 3 is 2.79 bits per heavy atom. The second-order valence-electron chi connectivity index (χ2n) is 6.33. The van der Waals surface area contributed by atoms with E-state index in [0.29, 0.717) is 4.99 Å². The Kier molecular flexibility index (Phi) is 3.01. The van der Waals surface area contributed by atoms with Gasteiger partial charge in [0.2, 0.25) is 0 Å². The molecule has 0 radical (unpaired) electrons. The molecule has 0 unspecified atom stereocenters. The predicted molar refractivity (Wildman–Crippen MR) is 82.6 cm³/mol. The molecule has 1 heterocycles. The van der Waals surface area contributed by atoms with Crippen molar-refractivity contribution in [1.29, 1.82) is 0 Å². The highest BCUT2D eigenvalue weighted by Gasteiger charge is 2.38. The van der Waals surface area contributed by atoms with Crippen molar-refractivity contribution in [2.24, 2.45) is 11.7 Å². The molecule has 0 amide bonds. The lowest BCUT2D eigenvalue weighted by Crippen LogP contribution is -2.35. The number of fused-ring (bicyclic) bond motifs is 1. The van der Waals surface area contributed by atoms with E-state index in [0.717, 1.165) is 30.1 Å². The zero-order valence-corrected chi connectivity index (χ0v) is 12.4. The highest BCUT2D eigenvalue weighted by molar-refractivity contribution is 7.80. The predicted octanol–water partition coefficient (Wildman–Crippen LogP) is 2.81. The van der Waals surface area contributed by atoms with Crippen LogP contribution in [0.15, 0.2) is 6.07 Å². The van der Waals surface area contributed by atoms with Gasteiger partial charge in [0, 0.05) is 11.2 Å². The first-order valence-corrected chi connectivity index (χ1v) is 7.49. The van der Waals surface area contributed by atoms with E-state index in [1.54, 1.807) is 0 Å². The lowest BCUT2D eigenvalue weighted by Gasteiger charge is -2.28. The number of aryl methyl sites for hydroxylation is 2. The maximum absolute atomic E-state index is 5.87. The SMILES string of the molecule is CC(C)(Nc1nc2c(cc1C(N)=S)CCC2)C1CC1. The molecule has 2 aliphatic rings. The molecule has 3 rings (SSSR count). The van der Waals surface area contributed by atoms with Crippen LogP contribution in [0.4, 0.5) is 5.82 Å². The van der Waals surface area contributed by atoms with Crippen LogP contribution in [0.3, 0.4) is 0 Å². The summed E-state index contributed by atoms with van der Waals surface area (Å²) in [6.07, 6.45) is 5.96. The summed E-state index contributed by atoms with van der Waals surface area (Å²) in [6.45, 7) is 4.48. The summed E-state index contributed by atoms with van der Waals surface area (Å²) in [5.74, 6) is 1.62. The molecule has 1 saturated carbocycles. The number of nitrogens with one attached hydrogen (secondary N) is 1. The van der Waals surface area contributed by atoms with Crippen molar-refractivity contribution in [1.82, 2.24) is 4.98 Å². The molecule has 0 saturated heterocycles. The minimum atomic E-state index is 0.0688. The summed E-state index contributed by atoms with van der Waals surface area (Å²) >= 11 is 5.19. The van der Waals surface area contributed by atoms with Crippen LogP contribution in [-0.4, -0.2) is 15.5 Å². The van der Waals surface area contributed by atoms with E-state index in [-0.39, 0.29) is 5.54 Å². The summed E-state index contributed by atoms with van der Waals surface area (Å²) in [6, 6.07) is 2.14. The number of hydrogen-bond donors (Lipinski definition) is 2. The Morgan fingerprint density at radius 1 is 1.42 bits per heavy atom. The molecule has 0 aliphatic heterocycles. The summed E-state index contributed by atoms with van der Waals surface area (Å²) in [5.41, 5.74) is 9.38. The van der Waals surface area contributed by atoms with Gasteiger partial charge in [-0.25, -0.2) is 4.98 Å². The molecular weight excluding hydrogens is 254 g/mol. The normalized spacial score (nSPS) is 18.2. The van der Waals surface area contributed by atoms with Gasteiger partial charge in [0.25, 0.3) is 0 Å². The minimum Gasteiger partial charge on any atom is -0.389 e. The van der Waals surface area contributed by atoms with Gasteiger partial charge >= 0.3 is 0 Å². The fourth-order valence-corrected chi connectivity index (χ4v) is 3.12. The van der Waals surface area contributed by atoms with Crippen LogP contribution in [0.1, 0.15) is 49.9 Å². The topological polar surface area (TPSA) is 50.9 Å². The molecule has 1 aromatic heterocycles. The van der Waals surface area contributed by atoms with E-state index in [9.17, 15) is 0 Å². The highest BCUT2D eigenvalue weighted by atomic mass is 32.1. The van der Waals surface area contributed by atoms with Crippen molar-refractivity contribution < 1.29 is 0 Å². The Hall–Kier alpha value is -1.16. The number of thiocarbonyl (C=S) groups is 1. The van der Waals surface area contributed by atoms with Gasteiger partial charge < -0.3 is 11.1 Å². The van der Waals surface area contributed by atoms with Crippen molar-refractivity contribution >= 4 is 23.0 Å². The van der Waals surface area contributed by atoms with Crippen molar-refractivity contribution in [3.05, 3.63) is 22.9 Å². The van der Waals surface area contributed by atoms with Crippen LogP contribution >= 0.6 is 12.2 Å². The van der Waals surface area contributed by atoms with Crippen molar-refractivity contribution in [2.45, 2.75) is 51.5 Å². The summed E-state index contributed by atoms with van der Waals surface area (Å²) in [7, 11) is 0. The summed E-state index contributed by atoms with van der Waals surface area (Å²) in [4.78, 5) is 5.23. The molecule has 4 heteroatoms. The Balaban J connectivity index is 1.97. The van der Waals surface area contributed by atoms with E-state index < -0.39 is 0 Å². The molecule has 2 aliphatic carbocycles. The molecule has 102 valence electrons. The average Bonchev–Trinajstić information content (AvgIpc) is 3.09. The third-order valence-electron chi connectivity index (χ3n) is 4.35. The van der Waals surface area contributed by atoms with Gasteiger partial charge in [-0.05, 0) is 63.5 Å². The smallest absolute Gasteiger partial charge is 0.136 e. The van der Waals surface area contributed by atoms with Crippen LogP contribution in [-0.2, 0) is 12.8 Å². The van der Waals surface area contributed by atoms with Crippen molar-refractivity contribution in [2.75, 3.05) is 5.32 Å². The Bertz CT molecular complexity index is 532. The fraction of sp³-hybridized carbons (Fsp3) is 0.600.